The molecule has 3 saturated heterocycles. The predicted octanol–water partition coefficient (Wildman–Crippen LogP) is -5.88. The summed E-state index contributed by atoms with van der Waals surface area (Å²) in [5, 5.41) is 58.5. The summed E-state index contributed by atoms with van der Waals surface area (Å²) < 4.78 is 0. The van der Waals surface area contributed by atoms with Gasteiger partial charge in [-0.2, -0.15) is 0 Å². The summed E-state index contributed by atoms with van der Waals surface area (Å²) in [5.74, 6) is -12.3. The molecule has 0 bridgehead atoms. The van der Waals surface area contributed by atoms with Gasteiger partial charge in [0.15, 0.2) is 0 Å². The fraction of sp³-hybridized carbons (Fsp3) is 0.620. The lowest BCUT2D eigenvalue weighted by molar-refractivity contribution is -0.145. The molecule has 1 aromatic rings. The fourth-order valence-corrected chi connectivity index (χ4v) is 9.74. The number of carboxylic acid groups (broad SMARTS) is 2. The van der Waals surface area contributed by atoms with Gasteiger partial charge >= 0.3 is 11.9 Å². The average Bonchev–Trinajstić information content (AvgIpc) is 4.24. The Labute approximate surface area is 460 Å². The van der Waals surface area contributed by atoms with Crippen molar-refractivity contribution in [3.63, 3.8) is 0 Å². The second-order valence-electron chi connectivity index (χ2n) is 19.6. The number of aliphatic hydroxyl groups excluding tert-OH is 1. The number of carbonyl (C=O) groups excluding carboxylic acids is 11. The maximum atomic E-state index is 14.4. The summed E-state index contributed by atoms with van der Waals surface area (Å²) in [5.41, 5.74) is 11.9. The quantitative estimate of drug-likeness (QED) is 0.0308. The smallest absolute Gasteiger partial charge is 0.305 e. The fourth-order valence-electron chi connectivity index (χ4n) is 9.74. The predicted molar refractivity (Wildman–Crippen MR) is 279 cm³/mol. The lowest BCUT2D eigenvalue weighted by Crippen LogP contribution is -2.60. The first kappa shape index (κ1) is 64.5. The number of benzene rings is 1. The summed E-state index contributed by atoms with van der Waals surface area (Å²) >= 11 is 0. The number of hydrogen-bond acceptors (Lipinski definition) is 17. The van der Waals surface area contributed by atoms with Crippen molar-refractivity contribution in [2.45, 2.75) is 144 Å². The molecule has 0 aromatic heterocycles. The lowest BCUT2D eigenvalue weighted by atomic mass is 10.0. The molecule has 11 amide bonds. The van der Waals surface area contributed by atoms with Gasteiger partial charge in [-0.3, -0.25) is 62.3 Å². The van der Waals surface area contributed by atoms with Crippen LogP contribution in [0.3, 0.4) is 0 Å². The highest BCUT2D eigenvalue weighted by molar-refractivity contribution is 6.00. The first-order valence-electron chi connectivity index (χ1n) is 26.4. The molecule has 442 valence electrons. The zero-order valence-electron chi connectivity index (χ0n) is 44.7. The van der Waals surface area contributed by atoms with E-state index in [1.165, 1.54) is 24.1 Å². The number of likely N-dealkylation sites (N-methyl/N-ethyl adjacent to an activating group) is 2. The van der Waals surface area contributed by atoms with Crippen molar-refractivity contribution >= 4 is 76.9 Å². The number of hydrogen-bond donors (Lipinski definition) is 14. The number of primary amides is 1. The van der Waals surface area contributed by atoms with E-state index in [2.05, 4.69) is 42.5 Å². The zero-order valence-corrected chi connectivity index (χ0v) is 44.7. The van der Waals surface area contributed by atoms with Crippen LogP contribution in [0.15, 0.2) is 24.3 Å². The number of nitrogens with one attached hydrogen (secondary N) is 8. The molecule has 9 atom stereocenters. The molecule has 0 radical (unpaired) electrons. The van der Waals surface area contributed by atoms with Gasteiger partial charge in [-0.15, -0.1) is 0 Å². The monoisotopic (exact) mass is 1130 g/mol. The number of carboxylic acids is 2. The third-order valence-electron chi connectivity index (χ3n) is 13.9. The molecule has 3 fully saturated rings. The van der Waals surface area contributed by atoms with E-state index in [4.69, 9.17) is 16.6 Å². The molecule has 3 aliphatic rings. The van der Waals surface area contributed by atoms with E-state index in [0.29, 0.717) is 19.3 Å². The van der Waals surface area contributed by atoms with Crippen LogP contribution < -0.4 is 54.0 Å². The van der Waals surface area contributed by atoms with Crippen LogP contribution in [0.1, 0.15) is 89.0 Å². The normalized spacial score (nSPS) is 19.0. The van der Waals surface area contributed by atoms with Gasteiger partial charge in [-0.05, 0) is 102 Å². The average molecular weight is 1130 g/mol. The van der Waals surface area contributed by atoms with Gasteiger partial charge < -0.3 is 89.1 Å². The molecule has 80 heavy (non-hydrogen) atoms. The molecule has 1 aromatic carbocycles. The van der Waals surface area contributed by atoms with Gasteiger partial charge in [0.2, 0.25) is 65.0 Å². The first-order chi connectivity index (χ1) is 38.0. The molecular formula is C50H75N13O17. The first-order valence-corrected chi connectivity index (χ1v) is 26.4. The number of aromatic hydroxyl groups is 1. The van der Waals surface area contributed by atoms with Crippen LogP contribution in [0.5, 0.6) is 5.75 Å². The Balaban J connectivity index is 1.43. The number of amides is 11. The summed E-state index contributed by atoms with van der Waals surface area (Å²) in [4.78, 5) is 175. The van der Waals surface area contributed by atoms with Crippen LogP contribution in [0.2, 0.25) is 0 Å². The molecule has 16 N–H and O–H groups in total. The number of nitrogens with two attached hydrogens (primary N) is 2. The topological polar surface area (TPSA) is 461 Å². The minimum atomic E-state index is -1.92. The molecule has 0 saturated carbocycles. The zero-order chi connectivity index (χ0) is 59.2. The van der Waals surface area contributed by atoms with Gasteiger partial charge in [0.1, 0.15) is 54.1 Å². The number of phenols is 1. The maximum absolute atomic E-state index is 14.4. The van der Waals surface area contributed by atoms with E-state index in [0.717, 1.165) is 15.4 Å². The van der Waals surface area contributed by atoms with Crippen LogP contribution in [-0.4, -0.2) is 220 Å². The van der Waals surface area contributed by atoms with Gasteiger partial charge in [-0.1, -0.05) is 12.1 Å². The van der Waals surface area contributed by atoms with Gasteiger partial charge in [-0.25, -0.2) is 0 Å². The molecular weight excluding hydrogens is 1050 g/mol. The molecule has 3 aliphatic heterocycles. The molecule has 30 nitrogen and oxygen atoms in total. The highest BCUT2D eigenvalue weighted by atomic mass is 16.4. The van der Waals surface area contributed by atoms with Crippen molar-refractivity contribution in [1.29, 1.82) is 0 Å². The number of rotatable bonds is 31. The minimum absolute atomic E-state index is 0.0139. The van der Waals surface area contributed by atoms with Crippen molar-refractivity contribution in [2.75, 3.05) is 53.4 Å². The van der Waals surface area contributed by atoms with Crippen molar-refractivity contribution in [3.05, 3.63) is 29.8 Å². The molecule has 3 heterocycles. The second-order valence-corrected chi connectivity index (χ2v) is 19.6. The number of aliphatic carboxylic acids is 2. The summed E-state index contributed by atoms with van der Waals surface area (Å²) in [6.07, 6.45) is -0.385. The van der Waals surface area contributed by atoms with Gasteiger partial charge in [0.05, 0.1) is 32.0 Å². The van der Waals surface area contributed by atoms with Crippen LogP contribution >= 0.6 is 0 Å². The number of nitrogens with zero attached hydrogens (tertiary/aromatic N) is 3. The Morgan fingerprint density at radius 2 is 1.10 bits per heavy atom. The van der Waals surface area contributed by atoms with E-state index >= 15 is 0 Å². The summed E-state index contributed by atoms with van der Waals surface area (Å²) in [6, 6.07) is -5.93. The molecule has 0 spiro atoms. The minimum Gasteiger partial charge on any atom is -0.508 e. The van der Waals surface area contributed by atoms with E-state index in [1.807, 2.05) is 0 Å². The molecule has 30 heteroatoms. The Morgan fingerprint density at radius 3 is 1.60 bits per heavy atom. The van der Waals surface area contributed by atoms with E-state index in [9.17, 15) is 77.6 Å². The standard InChI is InChI=1S/C50H75N13O17/c1-53-32(22-27-12-14-28(65)15-13-27)49(79)63-21-7-11-37(63)47(77)60-34(26-64)44(74)57-30(8-3-4-18-51)48(78)62-20-6-10-36(62)46(76)58-31(24-41(70)71)43(73)59-33(23-38(52)66)50(80)61-19-5-9-35(61)45(75)55-25-39(67)56-29(42(72)54-2)16-17-40(68)69/h12-15,29-37,53,64-65H,3-11,16-26,51H2,1-2H3,(H2,52,66)(H,54,72)(H,55,75)(H,56,67)(H,57,74)(H,58,76)(H,59,73)(H,60,77)(H,68,69)(H,70,71)/t29-,30-,31-,32-,33-,34-,35-,36-,37-/m0/s1. The highest BCUT2D eigenvalue weighted by Crippen LogP contribution is 2.24. The largest absolute Gasteiger partial charge is 0.508 e. The number of unbranched alkanes of at least 4 members (excludes halogenated alkanes) is 1. The van der Waals surface area contributed by atoms with Crippen molar-refractivity contribution in [3.8, 4) is 5.75 Å². The Kier molecular flexibility index (Phi) is 25.5. The van der Waals surface area contributed by atoms with Gasteiger partial charge in [0.25, 0.3) is 0 Å². The van der Waals surface area contributed by atoms with E-state index in [-0.39, 0.29) is 89.2 Å². The number of carbonyl (C=O) groups is 13. The van der Waals surface area contributed by atoms with Crippen LogP contribution in [-0.2, 0) is 68.7 Å². The Morgan fingerprint density at radius 1 is 0.588 bits per heavy atom. The Bertz CT molecular complexity index is 2430. The van der Waals surface area contributed by atoms with E-state index < -0.39 is 158 Å². The summed E-state index contributed by atoms with van der Waals surface area (Å²) in [7, 11) is 2.87. The third kappa shape index (κ3) is 18.8. The SMILES string of the molecule is CNC(=O)[C@H](CCC(=O)O)NC(=O)CNC(=O)[C@@H]1CCCN1C(=O)[C@H](CC(N)=O)NC(=O)[C@H](CC(=O)O)NC(=O)[C@@H]1CCCN1C(=O)[C@H](CCCCN)NC(=O)[C@H](CO)NC(=O)[C@@H]1CCCN1C(=O)[C@H](Cc1ccc(O)cc1)NC. The van der Waals surface area contributed by atoms with Crippen LogP contribution in [0, 0.1) is 0 Å². The number of aliphatic hydroxyl groups is 1. The molecule has 0 unspecified atom stereocenters. The second kappa shape index (κ2) is 31.6. The Hall–Kier alpha value is -7.99. The highest BCUT2D eigenvalue weighted by Gasteiger charge is 2.43. The van der Waals surface area contributed by atoms with Crippen molar-refractivity contribution < 1.29 is 82.8 Å². The van der Waals surface area contributed by atoms with Gasteiger partial charge in [0, 0.05) is 33.1 Å². The summed E-state index contributed by atoms with van der Waals surface area (Å²) in [6.45, 7) is -1.26. The lowest BCUT2D eigenvalue weighted by Gasteiger charge is -2.31. The molecule has 0 aliphatic carbocycles. The van der Waals surface area contributed by atoms with Crippen LogP contribution in [0.4, 0.5) is 0 Å². The number of likely N-dealkylation sites (tertiary alicyclic amines) is 3. The van der Waals surface area contributed by atoms with Crippen molar-refractivity contribution in [1.82, 2.24) is 57.2 Å². The van der Waals surface area contributed by atoms with Crippen molar-refractivity contribution in [2.24, 2.45) is 11.5 Å². The van der Waals surface area contributed by atoms with Crippen LogP contribution in [0.25, 0.3) is 0 Å². The maximum Gasteiger partial charge on any atom is 0.305 e. The number of phenolic OH excluding ortho intramolecular Hbond substituents is 1. The third-order valence-corrected chi connectivity index (χ3v) is 13.9. The van der Waals surface area contributed by atoms with E-state index in [1.54, 1.807) is 19.2 Å². The molecule has 4 rings (SSSR count).